The van der Waals surface area contributed by atoms with Gasteiger partial charge in [0.1, 0.15) is 24.8 Å². The lowest BCUT2D eigenvalue weighted by molar-refractivity contribution is -0.122. The molecule has 0 radical (unpaired) electrons. The molecule has 0 saturated heterocycles. The zero-order valence-corrected chi connectivity index (χ0v) is 17.6. The maximum absolute atomic E-state index is 12.4. The zero-order valence-electron chi connectivity index (χ0n) is 17.6. The highest BCUT2D eigenvalue weighted by Crippen LogP contribution is 2.20. The van der Waals surface area contributed by atoms with Crippen LogP contribution in [0.1, 0.15) is 24.7 Å². The summed E-state index contributed by atoms with van der Waals surface area (Å²) < 4.78 is 10.8. The second-order valence-electron chi connectivity index (χ2n) is 7.29. The van der Waals surface area contributed by atoms with Crippen molar-refractivity contribution in [3.8, 4) is 0 Å². The SMILES string of the molecule is CC1=C(C(=O)NCc2nc(NCCCc3ccccc3)c3ccccc3n2)OCCO1. The van der Waals surface area contributed by atoms with Crippen LogP contribution in [-0.4, -0.2) is 35.6 Å². The molecule has 1 aliphatic rings. The summed E-state index contributed by atoms with van der Waals surface area (Å²) in [6.07, 6.45) is 1.98. The van der Waals surface area contributed by atoms with E-state index in [1.807, 2.05) is 30.3 Å². The molecule has 7 heteroatoms. The van der Waals surface area contributed by atoms with Gasteiger partial charge in [-0.25, -0.2) is 9.97 Å². The van der Waals surface area contributed by atoms with Crippen LogP contribution in [-0.2, 0) is 27.2 Å². The van der Waals surface area contributed by atoms with Crippen LogP contribution in [0.4, 0.5) is 5.82 Å². The van der Waals surface area contributed by atoms with E-state index in [0.717, 1.165) is 36.1 Å². The highest BCUT2D eigenvalue weighted by atomic mass is 16.6. The average Bonchev–Trinajstić information content (AvgIpc) is 2.81. The van der Waals surface area contributed by atoms with E-state index in [2.05, 4.69) is 44.9 Å². The largest absolute Gasteiger partial charge is 0.491 e. The molecule has 0 spiro atoms. The normalized spacial score (nSPS) is 13.5. The number of nitrogens with one attached hydrogen (secondary N) is 2. The Morgan fingerprint density at radius 1 is 1.00 bits per heavy atom. The van der Waals surface area contributed by atoms with Gasteiger partial charge in [0, 0.05) is 11.9 Å². The summed E-state index contributed by atoms with van der Waals surface area (Å²) in [6.45, 7) is 3.53. The molecule has 4 rings (SSSR count). The Kier molecular flexibility index (Phi) is 6.62. The number of ether oxygens (including phenoxy) is 2. The van der Waals surface area contributed by atoms with E-state index in [0.29, 0.717) is 24.8 Å². The number of aryl methyl sites for hydroxylation is 1. The molecule has 3 aromatic rings. The third-order valence-corrected chi connectivity index (χ3v) is 5.01. The van der Waals surface area contributed by atoms with E-state index in [-0.39, 0.29) is 18.2 Å². The maximum atomic E-state index is 12.4. The first kappa shape index (κ1) is 20.7. The second-order valence-corrected chi connectivity index (χ2v) is 7.29. The van der Waals surface area contributed by atoms with E-state index in [9.17, 15) is 4.79 Å². The molecular weight excluding hydrogens is 392 g/mol. The van der Waals surface area contributed by atoms with Crippen LogP contribution in [0.2, 0.25) is 0 Å². The van der Waals surface area contributed by atoms with Gasteiger partial charge in [0.25, 0.3) is 5.91 Å². The first-order chi connectivity index (χ1) is 15.2. The number of hydrogen-bond acceptors (Lipinski definition) is 6. The lowest BCUT2D eigenvalue weighted by atomic mass is 10.1. The Hall–Kier alpha value is -3.61. The highest BCUT2D eigenvalue weighted by Gasteiger charge is 2.20. The van der Waals surface area contributed by atoms with Gasteiger partial charge in [-0.15, -0.1) is 0 Å². The predicted octanol–water partition coefficient (Wildman–Crippen LogP) is 3.57. The average molecular weight is 418 g/mol. The summed E-state index contributed by atoms with van der Waals surface area (Å²) in [7, 11) is 0. The number of allylic oxidation sites excluding steroid dienone is 1. The van der Waals surface area contributed by atoms with Gasteiger partial charge in [0.15, 0.2) is 5.82 Å². The molecule has 1 aliphatic heterocycles. The first-order valence-electron chi connectivity index (χ1n) is 10.5. The Labute approximate surface area is 181 Å². The van der Waals surface area contributed by atoms with Crippen LogP contribution in [0.25, 0.3) is 10.9 Å². The van der Waals surface area contributed by atoms with E-state index < -0.39 is 0 Å². The van der Waals surface area contributed by atoms with E-state index in [4.69, 9.17) is 9.47 Å². The van der Waals surface area contributed by atoms with Crippen molar-refractivity contribution in [1.82, 2.24) is 15.3 Å². The fourth-order valence-corrected chi connectivity index (χ4v) is 3.45. The van der Waals surface area contributed by atoms with Crippen LogP contribution in [0.3, 0.4) is 0 Å². The monoisotopic (exact) mass is 418 g/mol. The number of rotatable bonds is 8. The second kappa shape index (κ2) is 9.93. The van der Waals surface area contributed by atoms with Crippen LogP contribution in [0.15, 0.2) is 66.1 Å². The zero-order chi connectivity index (χ0) is 21.5. The van der Waals surface area contributed by atoms with Gasteiger partial charge >= 0.3 is 0 Å². The molecule has 0 saturated carbocycles. The fraction of sp³-hybridized carbons (Fsp3) is 0.292. The summed E-state index contributed by atoms with van der Waals surface area (Å²) in [5.41, 5.74) is 2.15. The van der Waals surface area contributed by atoms with Crippen molar-refractivity contribution in [2.45, 2.75) is 26.3 Å². The molecule has 1 amide bonds. The van der Waals surface area contributed by atoms with E-state index in [1.165, 1.54) is 5.56 Å². The van der Waals surface area contributed by atoms with E-state index in [1.54, 1.807) is 6.92 Å². The number of para-hydroxylation sites is 1. The molecule has 7 nitrogen and oxygen atoms in total. The van der Waals surface area contributed by atoms with Crippen LogP contribution in [0.5, 0.6) is 0 Å². The molecule has 0 unspecified atom stereocenters. The number of carbonyl (C=O) groups is 1. The summed E-state index contributed by atoms with van der Waals surface area (Å²) >= 11 is 0. The van der Waals surface area contributed by atoms with Gasteiger partial charge in [0.2, 0.25) is 5.76 Å². The molecule has 2 heterocycles. The number of nitrogens with zero attached hydrogens (tertiary/aromatic N) is 2. The molecule has 2 aromatic carbocycles. The smallest absolute Gasteiger partial charge is 0.290 e. The quantitative estimate of drug-likeness (QED) is 0.544. The van der Waals surface area contributed by atoms with Gasteiger partial charge < -0.3 is 20.1 Å². The van der Waals surface area contributed by atoms with Crippen LogP contribution < -0.4 is 10.6 Å². The number of carbonyl (C=O) groups excluding carboxylic acids is 1. The predicted molar refractivity (Wildman–Crippen MR) is 119 cm³/mol. The van der Waals surface area contributed by atoms with Gasteiger partial charge in [-0.3, -0.25) is 4.79 Å². The number of fused-ring (bicyclic) bond motifs is 1. The molecule has 0 bridgehead atoms. The summed E-state index contributed by atoms with van der Waals surface area (Å²) in [4.78, 5) is 21.7. The molecule has 0 aliphatic carbocycles. The fourth-order valence-electron chi connectivity index (χ4n) is 3.45. The topological polar surface area (TPSA) is 85.4 Å². The van der Waals surface area contributed by atoms with Crippen molar-refractivity contribution in [3.63, 3.8) is 0 Å². The summed E-state index contributed by atoms with van der Waals surface area (Å²) in [6, 6.07) is 18.3. The van der Waals surface area contributed by atoms with Gasteiger partial charge in [0.05, 0.1) is 12.1 Å². The van der Waals surface area contributed by atoms with Crippen molar-refractivity contribution in [2.75, 3.05) is 25.1 Å². The Morgan fingerprint density at radius 2 is 1.77 bits per heavy atom. The number of anilines is 1. The standard InChI is InChI=1S/C24H26N4O3/c1-17-22(31-15-14-30-17)24(29)26-16-21-27-20-12-6-5-11-19(20)23(28-21)25-13-7-10-18-8-3-2-4-9-18/h2-6,8-9,11-12H,7,10,13-16H2,1H3,(H,26,29)(H,25,27,28). The number of amides is 1. The highest BCUT2D eigenvalue weighted by molar-refractivity contribution is 5.92. The van der Waals surface area contributed by atoms with Crippen LogP contribution >= 0.6 is 0 Å². The van der Waals surface area contributed by atoms with Gasteiger partial charge in [-0.2, -0.15) is 0 Å². The molecule has 1 aromatic heterocycles. The third kappa shape index (κ3) is 5.31. The first-order valence-corrected chi connectivity index (χ1v) is 10.5. The van der Waals surface area contributed by atoms with Crippen molar-refractivity contribution < 1.29 is 14.3 Å². The van der Waals surface area contributed by atoms with Crippen LogP contribution in [0, 0.1) is 0 Å². The molecule has 2 N–H and O–H groups in total. The molecular formula is C24H26N4O3. The molecule has 0 atom stereocenters. The maximum Gasteiger partial charge on any atom is 0.290 e. The summed E-state index contributed by atoms with van der Waals surface area (Å²) in [5.74, 6) is 1.68. The van der Waals surface area contributed by atoms with Crippen molar-refractivity contribution in [3.05, 3.63) is 77.5 Å². The number of aromatic nitrogens is 2. The third-order valence-electron chi connectivity index (χ3n) is 5.01. The lowest BCUT2D eigenvalue weighted by Crippen LogP contribution is -2.30. The minimum atomic E-state index is -0.327. The van der Waals surface area contributed by atoms with Crippen molar-refractivity contribution >= 4 is 22.6 Å². The van der Waals surface area contributed by atoms with E-state index >= 15 is 0 Å². The Balaban J connectivity index is 1.42. The Morgan fingerprint density at radius 3 is 2.61 bits per heavy atom. The van der Waals surface area contributed by atoms with Gasteiger partial charge in [-0.1, -0.05) is 42.5 Å². The summed E-state index contributed by atoms with van der Waals surface area (Å²) in [5, 5.41) is 7.22. The van der Waals surface area contributed by atoms with Gasteiger partial charge in [-0.05, 0) is 37.5 Å². The molecule has 160 valence electrons. The van der Waals surface area contributed by atoms with Crippen molar-refractivity contribution in [2.24, 2.45) is 0 Å². The minimum Gasteiger partial charge on any atom is -0.491 e. The molecule has 0 fully saturated rings. The lowest BCUT2D eigenvalue weighted by Gasteiger charge is -2.19. The minimum absolute atomic E-state index is 0.197. The number of benzene rings is 2. The molecule has 31 heavy (non-hydrogen) atoms. The van der Waals surface area contributed by atoms with Crippen molar-refractivity contribution in [1.29, 1.82) is 0 Å². The Bertz CT molecular complexity index is 1080. The number of hydrogen-bond donors (Lipinski definition) is 2.